The molecule has 0 aliphatic heterocycles. The number of benzene rings is 1. The van der Waals surface area contributed by atoms with Crippen LogP contribution in [0.4, 0.5) is 0 Å². The van der Waals surface area contributed by atoms with Crippen LogP contribution in [0.15, 0.2) is 24.3 Å². The van der Waals surface area contributed by atoms with Crippen LogP contribution < -0.4 is 10.5 Å². The molecule has 1 aromatic carbocycles. The quantitative estimate of drug-likeness (QED) is 0.745. The molecule has 0 aromatic heterocycles. The lowest BCUT2D eigenvalue weighted by molar-refractivity contribution is 0.181. The smallest absolute Gasteiger partial charge is 0.119 e. The predicted octanol–water partition coefficient (Wildman–Crippen LogP) is 2.69. The van der Waals surface area contributed by atoms with E-state index >= 15 is 0 Å². The van der Waals surface area contributed by atoms with Crippen molar-refractivity contribution in [2.45, 2.75) is 39.7 Å². The summed E-state index contributed by atoms with van der Waals surface area (Å²) in [6.07, 6.45) is 2.21. The standard InChI is InChI=1S/C16H28N2O/c1-4-18(5-2)12-10-14(3)19-16-8-6-7-15(13-16)9-11-17/h6-8,13-14H,4-5,9-12,17H2,1-3H3. The Labute approximate surface area is 117 Å². The second-order valence-corrected chi connectivity index (χ2v) is 4.93. The number of hydrogen-bond acceptors (Lipinski definition) is 3. The van der Waals surface area contributed by atoms with E-state index in [0.717, 1.165) is 38.2 Å². The maximum Gasteiger partial charge on any atom is 0.119 e. The average Bonchev–Trinajstić information content (AvgIpc) is 2.40. The maximum atomic E-state index is 5.97. The molecule has 0 saturated carbocycles. The van der Waals surface area contributed by atoms with Crippen LogP contribution >= 0.6 is 0 Å². The van der Waals surface area contributed by atoms with Crippen LogP contribution in [0.3, 0.4) is 0 Å². The lowest BCUT2D eigenvalue weighted by Crippen LogP contribution is -2.27. The van der Waals surface area contributed by atoms with Crippen molar-refractivity contribution in [2.75, 3.05) is 26.2 Å². The van der Waals surface area contributed by atoms with E-state index in [1.165, 1.54) is 5.56 Å². The normalized spacial score (nSPS) is 12.7. The van der Waals surface area contributed by atoms with Crippen LogP contribution in [0.1, 0.15) is 32.8 Å². The SMILES string of the molecule is CCN(CC)CCC(C)Oc1cccc(CCN)c1. The van der Waals surface area contributed by atoms with Gasteiger partial charge in [0.1, 0.15) is 5.75 Å². The van der Waals surface area contributed by atoms with Gasteiger partial charge in [-0.05, 0) is 57.1 Å². The minimum absolute atomic E-state index is 0.244. The third kappa shape index (κ3) is 6.08. The van der Waals surface area contributed by atoms with Gasteiger partial charge in [0.15, 0.2) is 0 Å². The topological polar surface area (TPSA) is 38.5 Å². The fourth-order valence-electron chi connectivity index (χ4n) is 2.14. The first-order valence-electron chi connectivity index (χ1n) is 7.37. The number of rotatable bonds is 9. The summed E-state index contributed by atoms with van der Waals surface area (Å²) in [6, 6.07) is 8.26. The number of nitrogens with two attached hydrogens (primary N) is 1. The van der Waals surface area contributed by atoms with E-state index < -0.39 is 0 Å². The molecular weight excluding hydrogens is 236 g/mol. The highest BCUT2D eigenvalue weighted by atomic mass is 16.5. The van der Waals surface area contributed by atoms with Crippen molar-refractivity contribution in [1.82, 2.24) is 4.90 Å². The zero-order chi connectivity index (χ0) is 14.1. The summed E-state index contributed by atoms with van der Waals surface area (Å²) in [4.78, 5) is 2.42. The van der Waals surface area contributed by atoms with E-state index in [4.69, 9.17) is 10.5 Å². The molecule has 0 amide bonds. The molecule has 1 aromatic rings. The van der Waals surface area contributed by atoms with Gasteiger partial charge in [-0.25, -0.2) is 0 Å². The van der Waals surface area contributed by atoms with Gasteiger partial charge in [-0.15, -0.1) is 0 Å². The summed E-state index contributed by atoms with van der Waals surface area (Å²) >= 11 is 0. The van der Waals surface area contributed by atoms with Crippen LogP contribution in [-0.2, 0) is 6.42 Å². The molecule has 2 N–H and O–H groups in total. The third-order valence-corrected chi connectivity index (χ3v) is 3.42. The van der Waals surface area contributed by atoms with Gasteiger partial charge in [-0.3, -0.25) is 0 Å². The minimum Gasteiger partial charge on any atom is -0.491 e. The Morgan fingerprint density at radius 3 is 2.63 bits per heavy atom. The molecule has 0 radical (unpaired) electrons. The predicted molar refractivity (Wildman–Crippen MR) is 81.7 cm³/mol. The first kappa shape index (κ1) is 16.0. The molecule has 3 heteroatoms. The fraction of sp³-hybridized carbons (Fsp3) is 0.625. The zero-order valence-corrected chi connectivity index (χ0v) is 12.6. The van der Waals surface area contributed by atoms with Gasteiger partial charge in [-0.1, -0.05) is 26.0 Å². The van der Waals surface area contributed by atoms with Gasteiger partial charge in [0.25, 0.3) is 0 Å². The monoisotopic (exact) mass is 264 g/mol. The van der Waals surface area contributed by atoms with Crippen LogP contribution in [0.25, 0.3) is 0 Å². The summed E-state index contributed by atoms with van der Waals surface area (Å²) in [7, 11) is 0. The first-order chi connectivity index (χ1) is 9.19. The van der Waals surface area contributed by atoms with Gasteiger partial charge in [0.2, 0.25) is 0 Å². The Bertz CT molecular complexity index is 350. The van der Waals surface area contributed by atoms with E-state index in [2.05, 4.69) is 37.8 Å². The third-order valence-electron chi connectivity index (χ3n) is 3.42. The van der Waals surface area contributed by atoms with Crippen molar-refractivity contribution >= 4 is 0 Å². The van der Waals surface area contributed by atoms with Gasteiger partial charge in [0, 0.05) is 6.54 Å². The van der Waals surface area contributed by atoms with Crippen molar-refractivity contribution in [3.8, 4) is 5.75 Å². The molecule has 0 saturated heterocycles. The Kier molecular flexibility index (Phi) is 7.53. The molecule has 0 bridgehead atoms. The summed E-state index contributed by atoms with van der Waals surface area (Å²) < 4.78 is 5.97. The second-order valence-electron chi connectivity index (χ2n) is 4.93. The van der Waals surface area contributed by atoms with Crippen LogP contribution in [0.5, 0.6) is 5.75 Å². The molecule has 3 nitrogen and oxygen atoms in total. The molecule has 0 aliphatic carbocycles. The van der Waals surface area contributed by atoms with Crippen molar-refractivity contribution < 1.29 is 4.74 Å². The lowest BCUT2D eigenvalue weighted by atomic mass is 10.1. The maximum absolute atomic E-state index is 5.97. The Balaban J connectivity index is 2.43. The number of hydrogen-bond donors (Lipinski definition) is 1. The van der Waals surface area contributed by atoms with Gasteiger partial charge >= 0.3 is 0 Å². The summed E-state index contributed by atoms with van der Waals surface area (Å²) in [5.74, 6) is 0.956. The van der Waals surface area contributed by atoms with E-state index in [9.17, 15) is 0 Å². The van der Waals surface area contributed by atoms with Crippen molar-refractivity contribution in [1.29, 1.82) is 0 Å². The minimum atomic E-state index is 0.244. The first-order valence-corrected chi connectivity index (χ1v) is 7.37. The average molecular weight is 264 g/mol. The summed E-state index contributed by atoms with van der Waals surface area (Å²) in [5.41, 5.74) is 6.82. The molecule has 108 valence electrons. The van der Waals surface area contributed by atoms with E-state index in [1.807, 2.05) is 12.1 Å². The summed E-state index contributed by atoms with van der Waals surface area (Å²) in [6.45, 7) is 10.5. The molecule has 1 rings (SSSR count). The number of ether oxygens (including phenoxy) is 1. The Morgan fingerprint density at radius 2 is 2.00 bits per heavy atom. The van der Waals surface area contributed by atoms with Gasteiger partial charge in [-0.2, -0.15) is 0 Å². The van der Waals surface area contributed by atoms with Crippen LogP contribution in [-0.4, -0.2) is 37.2 Å². The molecule has 0 spiro atoms. The molecule has 0 aliphatic rings. The Morgan fingerprint density at radius 1 is 1.26 bits per heavy atom. The number of nitrogens with zero attached hydrogens (tertiary/aromatic N) is 1. The molecule has 0 heterocycles. The highest BCUT2D eigenvalue weighted by Gasteiger charge is 2.07. The summed E-state index contributed by atoms with van der Waals surface area (Å²) in [5, 5.41) is 0. The van der Waals surface area contributed by atoms with Crippen molar-refractivity contribution in [2.24, 2.45) is 5.73 Å². The molecule has 1 unspecified atom stereocenters. The molecular formula is C16H28N2O. The van der Waals surface area contributed by atoms with Crippen molar-refractivity contribution in [3.05, 3.63) is 29.8 Å². The molecule has 1 atom stereocenters. The van der Waals surface area contributed by atoms with Crippen LogP contribution in [0.2, 0.25) is 0 Å². The van der Waals surface area contributed by atoms with E-state index in [0.29, 0.717) is 6.54 Å². The van der Waals surface area contributed by atoms with E-state index in [1.54, 1.807) is 0 Å². The fourth-order valence-corrected chi connectivity index (χ4v) is 2.14. The molecule has 19 heavy (non-hydrogen) atoms. The largest absolute Gasteiger partial charge is 0.491 e. The molecule has 0 fully saturated rings. The highest BCUT2D eigenvalue weighted by Crippen LogP contribution is 2.16. The Hall–Kier alpha value is -1.06. The van der Waals surface area contributed by atoms with E-state index in [-0.39, 0.29) is 6.10 Å². The van der Waals surface area contributed by atoms with Gasteiger partial charge in [0.05, 0.1) is 6.10 Å². The van der Waals surface area contributed by atoms with Gasteiger partial charge < -0.3 is 15.4 Å². The second kappa shape index (κ2) is 8.94. The van der Waals surface area contributed by atoms with Crippen molar-refractivity contribution in [3.63, 3.8) is 0 Å². The van der Waals surface area contributed by atoms with Crippen LogP contribution in [0, 0.1) is 0 Å². The lowest BCUT2D eigenvalue weighted by Gasteiger charge is -2.21. The zero-order valence-electron chi connectivity index (χ0n) is 12.6. The highest BCUT2D eigenvalue weighted by molar-refractivity contribution is 5.28.